The average Bonchev–Trinajstić information content (AvgIpc) is 2.63. The highest BCUT2D eigenvalue weighted by Crippen LogP contribution is 2.23. The van der Waals surface area contributed by atoms with Crippen molar-refractivity contribution in [3.8, 4) is 5.75 Å². The van der Waals surface area contributed by atoms with Crippen LogP contribution in [0.5, 0.6) is 5.75 Å². The molecule has 0 aromatic heterocycles. The fourth-order valence-corrected chi connectivity index (χ4v) is 2.94. The minimum absolute atomic E-state index is 0.0452. The van der Waals surface area contributed by atoms with Crippen molar-refractivity contribution in [1.82, 2.24) is 15.5 Å². The van der Waals surface area contributed by atoms with E-state index < -0.39 is 0 Å². The van der Waals surface area contributed by atoms with Crippen LogP contribution in [-0.4, -0.2) is 64.4 Å². The molecule has 1 aliphatic rings. The summed E-state index contributed by atoms with van der Waals surface area (Å²) in [4.78, 5) is 14.6. The first-order chi connectivity index (χ1) is 11.7. The van der Waals surface area contributed by atoms with Gasteiger partial charge in [0.2, 0.25) is 5.91 Å². The van der Waals surface area contributed by atoms with Crippen LogP contribution in [0, 0.1) is 5.92 Å². The van der Waals surface area contributed by atoms with Crippen LogP contribution in [0.2, 0.25) is 0 Å². The van der Waals surface area contributed by atoms with Gasteiger partial charge in [0.25, 0.3) is 0 Å². The Balaban J connectivity index is 2.05. The van der Waals surface area contributed by atoms with Gasteiger partial charge in [-0.1, -0.05) is 19.1 Å². The highest BCUT2D eigenvalue weighted by molar-refractivity contribution is 5.78. The number of nitrogens with zero attached hydrogens (tertiary/aromatic N) is 1. The summed E-state index contributed by atoms with van der Waals surface area (Å²) in [5.74, 6) is 0.874. The number of methoxy groups -OCH3 is 1. The molecule has 134 valence electrons. The summed E-state index contributed by atoms with van der Waals surface area (Å²) in [6, 6.07) is 8.22. The van der Waals surface area contributed by atoms with E-state index in [0.717, 1.165) is 32.1 Å². The first kappa shape index (κ1) is 18.7. The van der Waals surface area contributed by atoms with E-state index in [2.05, 4.69) is 27.7 Å². The number of amides is 1. The molecule has 1 amide bonds. The van der Waals surface area contributed by atoms with Crippen molar-refractivity contribution >= 4 is 5.91 Å². The van der Waals surface area contributed by atoms with Gasteiger partial charge in [0.05, 0.1) is 26.4 Å². The standard InChI is InChI=1S/C18H29N3O3/c1-14(12-19-2)18(22)20-13-17(21-8-10-24-11-9-21)15-4-6-16(23-3)7-5-15/h4-7,14,17,19H,8-13H2,1-3H3,(H,20,22). The van der Waals surface area contributed by atoms with Gasteiger partial charge in [0.15, 0.2) is 0 Å². The Bertz CT molecular complexity index is 501. The third kappa shape index (κ3) is 5.19. The lowest BCUT2D eigenvalue weighted by atomic mass is 10.0. The number of morpholine rings is 1. The molecular formula is C18H29N3O3. The van der Waals surface area contributed by atoms with E-state index >= 15 is 0 Å². The Kier molecular flexibility index (Phi) is 7.49. The maximum Gasteiger partial charge on any atom is 0.224 e. The number of benzene rings is 1. The van der Waals surface area contributed by atoms with Crippen molar-refractivity contribution in [2.45, 2.75) is 13.0 Å². The van der Waals surface area contributed by atoms with Crippen LogP contribution in [-0.2, 0) is 9.53 Å². The van der Waals surface area contributed by atoms with Crippen molar-refractivity contribution in [2.24, 2.45) is 5.92 Å². The molecule has 1 aromatic carbocycles. The van der Waals surface area contributed by atoms with E-state index in [9.17, 15) is 4.79 Å². The lowest BCUT2D eigenvalue weighted by Crippen LogP contribution is -2.45. The quantitative estimate of drug-likeness (QED) is 0.743. The Labute approximate surface area is 144 Å². The average molecular weight is 335 g/mol. The van der Waals surface area contributed by atoms with Crippen LogP contribution in [0.4, 0.5) is 0 Å². The predicted molar refractivity (Wildman–Crippen MR) is 94.2 cm³/mol. The molecule has 1 fully saturated rings. The monoisotopic (exact) mass is 335 g/mol. The molecule has 1 saturated heterocycles. The number of carbonyl (C=O) groups excluding carboxylic acids is 1. The summed E-state index contributed by atoms with van der Waals surface area (Å²) in [6.45, 7) is 6.42. The highest BCUT2D eigenvalue weighted by atomic mass is 16.5. The van der Waals surface area contributed by atoms with Gasteiger partial charge in [-0.3, -0.25) is 9.69 Å². The molecule has 1 aliphatic heterocycles. The fraction of sp³-hybridized carbons (Fsp3) is 0.611. The summed E-state index contributed by atoms with van der Waals surface area (Å²) in [5, 5.41) is 6.14. The normalized spacial score (nSPS) is 18.0. The lowest BCUT2D eigenvalue weighted by molar-refractivity contribution is -0.124. The molecule has 24 heavy (non-hydrogen) atoms. The molecule has 0 radical (unpaired) electrons. The van der Waals surface area contributed by atoms with E-state index in [1.54, 1.807) is 7.11 Å². The zero-order chi connectivity index (χ0) is 17.4. The molecule has 0 saturated carbocycles. The van der Waals surface area contributed by atoms with Crippen LogP contribution < -0.4 is 15.4 Å². The summed E-state index contributed by atoms with van der Waals surface area (Å²) < 4.78 is 10.7. The third-order valence-corrected chi connectivity index (χ3v) is 4.41. The Morgan fingerprint density at radius 2 is 1.92 bits per heavy atom. The van der Waals surface area contributed by atoms with Gasteiger partial charge in [-0.05, 0) is 24.7 Å². The molecule has 0 aliphatic carbocycles. The van der Waals surface area contributed by atoms with Crippen molar-refractivity contribution < 1.29 is 14.3 Å². The van der Waals surface area contributed by atoms with E-state index in [1.807, 2.05) is 26.1 Å². The molecule has 1 aromatic rings. The summed E-state index contributed by atoms with van der Waals surface area (Å²) in [5.41, 5.74) is 1.18. The minimum Gasteiger partial charge on any atom is -0.497 e. The molecule has 2 unspecified atom stereocenters. The SMILES string of the molecule is CNCC(C)C(=O)NCC(c1ccc(OC)cc1)N1CCOCC1. The number of carbonyl (C=O) groups is 1. The van der Waals surface area contributed by atoms with Crippen LogP contribution >= 0.6 is 0 Å². The van der Waals surface area contributed by atoms with Crippen LogP contribution in [0.3, 0.4) is 0 Å². The van der Waals surface area contributed by atoms with Crippen LogP contribution in [0.25, 0.3) is 0 Å². The van der Waals surface area contributed by atoms with Crippen molar-refractivity contribution in [1.29, 1.82) is 0 Å². The van der Waals surface area contributed by atoms with Crippen molar-refractivity contribution in [3.05, 3.63) is 29.8 Å². The highest BCUT2D eigenvalue weighted by Gasteiger charge is 2.24. The van der Waals surface area contributed by atoms with E-state index in [1.165, 1.54) is 5.56 Å². The summed E-state index contributed by atoms with van der Waals surface area (Å²) in [6.07, 6.45) is 0. The van der Waals surface area contributed by atoms with E-state index in [0.29, 0.717) is 13.1 Å². The number of rotatable bonds is 8. The molecule has 1 heterocycles. The second-order valence-electron chi connectivity index (χ2n) is 6.14. The zero-order valence-corrected chi connectivity index (χ0v) is 14.9. The second kappa shape index (κ2) is 9.61. The van der Waals surface area contributed by atoms with Crippen molar-refractivity contribution in [3.63, 3.8) is 0 Å². The molecular weight excluding hydrogens is 306 g/mol. The molecule has 0 spiro atoms. The van der Waals surface area contributed by atoms with Crippen LogP contribution in [0.1, 0.15) is 18.5 Å². The Morgan fingerprint density at radius 1 is 1.25 bits per heavy atom. The van der Waals surface area contributed by atoms with E-state index in [4.69, 9.17) is 9.47 Å². The summed E-state index contributed by atoms with van der Waals surface area (Å²) in [7, 11) is 3.52. The van der Waals surface area contributed by atoms with Gasteiger partial charge >= 0.3 is 0 Å². The van der Waals surface area contributed by atoms with Gasteiger partial charge in [-0.2, -0.15) is 0 Å². The first-order valence-corrected chi connectivity index (χ1v) is 8.53. The van der Waals surface area contributed by atoms with Gasteiger partial charge in [-0.15, -0.1) is 0 Å². The maximum absolute atomic E-state index is 12.2. The van der Waals surface area contributed by atoms with Gasteiger partial charge < -0.3 is 20.1 Å². The molecule has 6 nitrogen and oxygen atoms in total. The molecule has 2 atom stereocenters. The van der Waals surface area contributed by atoms with Gasteiger partial charge in [-0.25, -0.2) is 0 Å². The topological polar surface area (TPSA) is 62.8 Å². The van der Waals surface area contributed by atoms with Gasteiger partial charge in [0, 0.05) is 32.1 Å². The van der Waals surface area contributed by atoms with Crippen LogP contribution in [0.15, 0.2) is 24.3 Å². The number of ether oxygens (including phenoxy) is 2. The molecule has 6 heteroatoms. The first-order valence-electron chi connectivity index (χ1n) is 8.53. The van der Waals surface area contributed by atoms with Crippen molar-refractivity contribution in [2.75, 3.05) is 53.6 Å². The minimum atomic E-state index is -0.0452. The lowest BCUT2D eigenvalue weighted by Gasteiger charge is -2.35. The fourth-order valence-electron chi connectivity index (χ4n) is 2.94. The summed E-state index contributed by atoms with van der Waals surface area (Å²) >= 11 is 0. The van der Waals surface area contributed by atoms with E-state index in [-0.39, 0.29) is 17.9 Å². The smallest absolute Gasteiger partial charge is 0.224 e. The molecule has 2 N–H and O–H groups in total. The maximum atomic E-state index is 12.2. The molecule has 0 bridgehead atoms. The van der Waals surface area contributed by atoms with Gasteiger partial charge in [0.1, 0.15) is 5.75 Å². The predicted octanol–water partition coefficient (Wildman–Crippen LogP) is 1.04. The second-order valence-corrected chi connectivity index (χ2v) is 6.14. The number of nitrogens with one attached hydrogen (secondary N) is 2. The Hall–Kier alpha value is -1.63. The number of hydrogen-bond donors (Lipinski definition) is 2. The third-order valence-electron chi connectivity index (χ3n) is 4.41. The Morgan fingerprint density at radius 3 is 2.50 bits per heavy atom. The number of hydrogen-bond acceptors (Lipinski definition) is 5. The zero-order valence-electron chi connectivity index (χ0n) is 14.9. The molecule has 2 rings (SSSR count). The largest absolute Gasteiger partial charge is 0.497 e.